The molecule has 0 saturated carbocycles. The Morgan fingerprint density at radius 2 is 1.39 bits per heavy atom. The topological polar surface area (TPSA) is 272 Å². The maximum atomic E-state index is 12.8. The Morgan fingerprint density at radius 1 is 0.741 bits per heavy atom. The van der Waals surface area contributed by atoms with Gasteiger partial charge in [0, 0.05) is 31.9 Å². The molecule has 6 unspecified atom stereocenters. The van der Waals surface area contributed by atoms with Crippen LogP contribution in [0.4, 0.5) is 4.79 Å². The van der Waals surface area contributed by atoms with Crippen LogP contribution in [0.5, 0.6) is 0 Å². The highest BCUT2D eigenvalue weighted by Gasteiger charge is 2.55. The zero-order valence-electron chi connectivity index (χ0n) is 29.4. The minimum Gasteiger partial charge on any atom is -0.479 e. The van der Waals surface area contributed by atoms with Crippen LogP contribution in [0.3, 0.4) is 0 Å². The van der Waals surface area contributed by atoms with Gasteiger partial charge in [0.2, 0.25) is 0 Å². The summed E-state index contributed by atoms with van der Waals surface area (Å²) in [6.45, 7) is 1.31. The molecule has 2 aromatic carbocycles. The molecule has 6 N–H and O–H groups in total. The molecule has 0 radical (unpaired) electrons. The first kappa shape index (κ1) is 42.2. The summed E-state index contributed by atoms with van der Waals surface area (Å²) in [6.07, 6.45) is -19.6. The summed E-state index contributed by atoms with van der Waals surface area (Å²) in [4.78, 5) is 61.8. The van der Waals surface area contributed by atoms with Gasteiger partial charge in [-0.3, -0.25) is 9.59 Å². The summed E-state index contributed by atoms with van der Waals surface area (Å²) in [6, 6.07) is 15.4. The number of esters is 1. The first-order chi connectivity index (χ1) is 25.8. The second-order valence-electron chi connectivity index (χ2n) is 12.2. The molecule has 54 heavy (non-hydrogen) atoms. The molecule has 11 atom stereocenters. The van der Waals surface area contributed by atoms with E-state index in [1.165, 1.54) is 0 Å². The van der Waals surface area contributed by atoms with Gasteiger partial charge in [0.25, 0.3) is 0 Å². The highest BCUT2D eigenvalue weighted by Crippen LogP contribution is 2.31. The molecular formula is C35H43NO18. The largest absolute Gasteiger partial charge is 0.479 e. The van der Waals surface area contributed by atoms with Gasteiger partial charge in [-0.1, -0.05) is 48.5 Å². The molecule has 2 aromatic rings. The fourth-order valence-corrected chi connectivity index (χ4v) is 5.72. The van der Waals surface area contributed by atoms with Crippen molar-refractivity contribution in [2.24, 2.45) is 0 Å². The normalized spacial score (nSPS) is 28.7. The zero-order valence-corrected chi connectivity index (χ0v) is 29.4. The summed E-state index contributed by atoms with van der Waals surface area (Å²) in [5, 5.41) is 53.6. The molecule has 2 aliphatic heterocycles. The number of hydrogen-bond donors (Lipinski definition) is 6. The van der Waals surface area contributed by atoms with Crippen molar-refractivity contribution in [2.75, 3.05) is 40.6 Å². The van der Waals surface area contributed by atoms with E-state index < -0.39 is 91.3 Å². The Bertz CT molecular complexity index is 1590. The lowest BCUT2D eigenvalue weighted by molar-refractivity contribution is -0.348. The van der Waals surface area contributed by atoms with E-state index in [4.69, 9.17) is 37.9 Å². The van der Waals surface area contributed by atoms with Crippen LogP contribution in [0.25, 0.3) is 0 Å². The number of aliphatic hydroxyl groups is 3. The average molecular weight is 766 g/mol. The minimum absolute atomic E-state index is 0.0319. The highest BCUT2D eigenvalue weighted by molar-refractivity contribution is 6.09. The Kier molecular flexibility index (Phi) is 15.4. The fourth-order valence-electron chi connectivity index (χ4n) is 5.72. The second kappa shape index (κ2) is 19.7. The summed E-state index contributed by atoms with van der Waals surface area (Å²) in [7, 11) is 2.16. The van der Waals surface area contributed by atoms with Gasteiger partial charge in [0.15, 0.2) is 36.7 Å². The Labute approximate surface area is 308 Å². The second-order valence-corrected chi connectivity index (χ2v) is 12.2. The van der Waals surface area contributed by atoms with Gasteiger partial charge in [-0.15, -0.1) is 0 Å². The highest BCUT2D eigenvalue weighted by atomic mass is 16.8. The molecule has 1 amide bonds. The number of benzene rings is 2. The molecule has 19 heteroatoms. The lowest BCUT2D eigenvalue weighted by Crippen LogP contribution is -2.66. The van der Waals surface area contributed by atoms with Crippen LogP contribution in [0.2, 0.25) is 0 Å². The van der Waals surface area contributed by atoms with E-state index >= 15 is 0 Å². The van der Waals surface area contributed by atoms with Gasteiger partial charge < -0.3 is 68.7 Å². The summed E-state index contributed by atoms with van der Waals surface area (Å²) >= 11 is 0. The molecule has 4 rings (SSSR count). The molecule has 0 spiro atoms. The molecule has 2 heterocycles. The van der Waals surface area contributed by atoms with Crippen LogP contribution in [-0.4, -0.2) is 157 Å². The van der Waals surface area contributed by atoms with E-state index in [-0.39, 0.29) is 32.1 Å². The van der Waals surface area contributed by atoms with E-state index in [0.717, 1.165) is 14.2 Å². The first-order valence-corrected chi connectivity index (χ1v) is 16.7. The Morgan fingerprint density at radius 3 is 2.04 bits per heavy atom. The standard InChI is InChI=1S/C35H43NO18/c1-17(19-10-7-11-20(16-19)21(37)18-8-5-4-6-9-18)32(45)50-15-14-49-13-12-36-35(46)54-27-24(40)26(29(31(43)44)53-34(27)48-3)51-33-23(39)22(38)25(47-2)28(52-33)30(41)42/h4-11,16-17,22-29,33-34,38-40H,12-15H2,1-3H3,(H,36,46)(H,41,42)(H,43,44)/t17?,22?,23?,24?,25-,26-,27-,28+,29?,33?,34+/m0/s1. The average Bonchev–Trinajstić information content (AvgIpc) is 3.17. The van der Waals surface area contributed by atoms with Crippen molar-refractivity contribution < 1.29 is 87.4 Å². The fraction of sp³-hybridized carbons (Fsp3) is 0.514. The Balaban J connectivity index is 1.23. The van der Waals surface area contributed by atoms with Crippen molar-refractivity contribution in [2.45, 2.75) is 74.3 Å². The van der Waals surface area contributed by atoms with E-state index in [2.05, 4.69) is 5.32 Å². The third-order valence-corrected chi connectivity index (χ3v) is 8.62. The number of carbonyl (C=O) groups is 5. The SMILES string of the molecule is CO[C@@H]1OC(C(=O)O)[C@@H](OC2O[C@@H](C(=O)O)[C@@H](OC)C(O)C2O)C(O)[C@@H]1OC(=O)NCCOCCOC(=O)C(C)c1cccc(C(=O)c2ccccc2)c1. The van der Waals surface area contributed by atoms with Crippen molar-refractivity contribution >= 4 is 29.8 Å². The lowest BCUT2D eigenvalue weighted by Gasteiger charge is -2.45. The maximum Gasteiger partial charge on any atom is 0.407 e. The smallest absolute Gasteiger partial charge is 0.407 e. The third-order valence-electron chi connectivity index (χ3n) is 8.62. The predicted molar refractivity (Wildman–Crippen MR) is 178 cm³/mol. The lowest BCUT2D eigenvalue weighted by atomic mass is 9.96. The van der Waals surface area contributed by atoms with Gasteiger partial charge in [-0.25, -0.2) is 14.4 Å². The molecule has 296 valence electrons. The number of carboxylic acid groups (broad SMARTS) is 2. The number of methoxy groups -OCH3 is 2. The molecule has 0 aromatic heterocycles. The maximum absolute atomic E-state index is 12.8. The van der Waals surface area contributed by atoms with E-state index in [0.29, 0.717) is 16.7 Å². The number of hydrogen-bond acceptors (Lipinski definition) is 16. The van der Waals surface area contributed by atoms with Crippen LogP contribution in [0.15, 0.2) is 54.6 Å². The number of carboxylic acids is 2. The molecular weight excluding hydrogens is 722 g/mol. The number of ketones is 1. The summed E-state index contributed by atoms with van der Waals surface area (Å²) in [5.41, 5.74) is 1.54. The van der Waals surface area contributed by atoms with Crippen LogP contribution in [-0.2, 0) is 52.3 Å². The molecule has 2 fully saturated rings. The summed E-state index contributed by atoms with van der Waals surface area (Å²) < 4.78 is 41.9. The van der Waals surface area contributed by atoms with Gasteiger partial charge in [-0.2, -0.15) is 0 Å². The van der Waals surface area contributed by atoms with Crippen molar-refractivity contribution in [3.63, 3.8) is 0 Å². The van der Waals surface area contributed by atoms with Gasteiger partial charge >= 0.3 is 24.0 Å². The molecule has 2 saturated heterocycles. The molecule has 19 nitrogen and oxygen atoms in total. The van der Waals surface area contributed by atoms with Gasteiger partial charge in [0.05, 0.1) is 19.1 Å². The van der Waals surface area contributed by atoms with E-state index in [9.17, 15) is 49.5 Å². The quantitative estimate of drug-likeness (QED) is 0.0668. The molecule has 0 bridgehead atoms. The number of aliphatic hydroxyl groups excluding tert-OH is 3. The molecule has 0 aliphatic carbocycles. The van der Waals surface area contributed by atoms with Gasteiger partial charge in [0.1, 0.15) is 37.1 Å². The molecule has 2 aliphatic rings. The van der Waals surface area contributed by atoms with E-state index in [1.807, 2.05) is 0 Å². The van der Waals surface area contributed by atoms with Crippen molar-refractivity contribution in [1.82, 2.24) is 5.32 Å². The van der Waals surface area contributed by atoms with Crippen LogP contribution >= 0.6 is 0 Å². The monoisotopic (exact) mass is 765 g/mol. The number of nitrogens with one attached hydrogen (secondary N) is 1. The number of rotatable bonds is 17. The van der Waals surface area contributed by atoms with Crippen LogP contribution in [0.1, 0.15) is 34.3 Å². The van der Waals surface area contributed by atoms with Crippen molar-refractivity contribution in [1.29, 1.82) is 0 Å². The van der Waals surface area contributed by atoms with Gasteiger partial charge in [-0.05, 0) is 18.6 Å². The number of amides is 1. The van der Waals surface area contributed by atoms with Crippen LogP contribution < -0.4 is 5.32 Å². The third kappa shape index (κ3) is 10.3. The van der Waals surface area contributed by atoms with E-state index in [1.54, 1.807) is 61.5 Å². The van der Waals surface area contributed by atoms with Crippen molar-refractivity contribution in [3.05, 3.63) is 71.3 Å². The van der Waals surface area contributed by atoms with Crippen LogP contribution in [0, 0.1) is 0 Å². The number of ether oxygens (including phenoxy) is 8. The zero-order chi connectivity index (χ0) is 39.5. The van der Waals surface area contributed by atoms with Crippen molar-refractivity contribution in [3.8, 4) is 0 Å². The summed E-state index contributed by atoms with van der Waals surface area (Å²) in [5.74, 6) is -4.65. The number of alkyl carbamates (subject to hydrolysis) is 1. The number of aliphatic carboxylic acids is 2. The Hall–Kier alpha value is -4.57. The number of carbonyl (C=O) groups excluding carboxylic acids is 3. The minimum atomic E-state index is -2.01. The predicted octanol–water partition coefficient (Wildman–Crippen LogP) is -0.576. The first-order valence-electron chi connectivity index (χ1n) is 16.7.